The minimum atomic E-state index is -0.662. The van der Waals surface area contributed by atoms with Crippen LogP contribution in [0.15, 0.2) is 59.0 Å². The number of thiophene rings is 1. The van der Waals surface area contributed by atoms with E-state index in [-0.39, 0.29) is 11.5 Å². The van der Waals surface area contributed by atoms with Crippen LogP contribution >= 0.6 is 11.3 Å². The van der Waals surface area contributed by atoms with E-state index in [1.165, 1.54) is 4.57 Å². The van der Waals surface area contributed by atoms with Crippen LogP contribution in [0, 0.1) is 0 Å². The van der Waals surface area contributed by atoms with Crippen LogP contribution < -0.4 is 10.9 Å². The maximum absolute atomic E-state index is 12.9. The molecule has 0 spiro atoms. The normalized spacial score (nSPS) is 12.5. The second-order valence-corrected chi connectivity index (χ2v) is 6.79. The highest BCUT2D eigenvalue weighted by molar-refractivity contribution is 7.09. The van der Waals surface area contributed by atoms with Crippen LogP contribution in [0.4, 0.5) is 0 Å². The maximum Gasteiger partial charge on any atom is 0.277 e. The van der Waals surface area contributed by atoms with Crippen molar-refractivity contribution in [3.8, 4) is 0 Å². The zero-order valence-electron chi connectivity index (χ0n) is 13.5. The highest BCUT2D eigenvalue weighted by Crippen LogP contribution is 2.17. The molecule has 0 aliphatic carbocycles. The van der Waals surface area contributed by atoms with E-state index >= 15 is 0 Å². The minimum Gasteiger partial charge on any atom is -0.349 e. The van der Waals surface area contributed by atoms with E-state index in [1.807, 2.05) is 41.9 Å². The van der Waals surface area contributed by atoms with Crippen LogP contribution in [0.2, 0.25) is 0 Å². The Morgan fingerprint density at radius 1 is 1.24 bits per heavy atom. The van der Waals surface area contributed by atoms with Crippen molar-refractivity contribution in [2.75, 3.05) is 0 Å². The molecule has 0 saturated heterocycles. The van der Waals surface area contributed by atoms with Crippen LogP contribution in [0.3, 0.4) is 0 Å². The van der Waals surface area contributed by atoms with Crippen molar-refractivity contribution in [1.29, 1.82) is 0 Å². The predicted octanol–water partition coefficient (Wildman–Crippen LogP) is 2.59. The third-order valence-corrected chi connectivity index (χ3v) is 5.10. The molecule has 1 amide bonds. The van der Waals surface area contributed by atoms with Gasteiger partial charge in [0.05, 0.1) is 12.1 Å². The Hall–Kier alpha value is -2.93. The van der Waals surface area contributed by atoms with E-state index in [2.05, 4.69) is 10.3 Å². The van der Waals surface area contributed by atoms with Crippen molar-refractivity contribution in [1.82, 2.24) is 19.3 Å². The largest absolute Gasteiger partial charge is 0.349 e. The molecule has 126 valence electrons. The van der Waals surface area contributed by atoms with Crippen molar-refractivity contribution in [3.63, 3.8) is 0 Å². The van der Waals surface area contributed by atoms with Crippen LogP contribution in [-0.4, -0.2) is 19.9 Å². The molecule has 0 saturated carbocycles. The summed E-state index contributed by atoms with van der Waals surface area (Å²) in [5, 5.41) is 4.86. The zero-order valence-corrected chi connectivity index (χ0v) is 14.4. The lowest BCUT2D eigenvalue weighted by molar-refractivity contribution is -0.124. The van der Waals surface area contributed by atoms with Crippen LogP contribution in [0.5, 0.6) is 0 Å². The molecule has 1 N–H and O–H groups in total. The molecular formula is C18H16N4O2S. The molecule has 4 aromatic rings. The van der Waals surface area contributed by atoms with Crippen LogP contribution in [0.25, 0.3) is 16.7 Å². The molecule has 6 nitrogen and oxygen atoms in total. The Labute approximate surface area is 147 Å². The fourth-order valence-electron chi connectivity index (χ4n) is 2.96. The molecule has 0 unspecified atom stereocenters. The summed E-state index contributed by atoms with van der Waals surface area (Å²) in [6.07, 6.45) is 3.45. The van der Waals surface area contributed by atoms with Gasteiger partial charge in [0.2, 0.25) is 5.91 Å². The maximum atomic E-state index is 12.9. The summed E-state index contributed by atoms with van der Waals surface area (Å²) in [6, 6.07) is 10.5. The molecule has 4 rings (SSSR count). The quantitative estimate of drug-likeness (QED) is 0.614. The first-order chi connectivity index (χ1) is 12.2. The zero-order chi connectivity index (χ0) is 17.4. The third kappa shape index (κ3) is 2.62. The second kappa shape index (κ2) is 6.18. The van der Waals surface area contributed by atoms with Crippen molar-refractivity contribution < 1.29 is 4.79 Å². The van der Waals surface area contributed by atoms with Crippen LogP contribution in [-0.2, 0) is 11.3 Å². The molecule has 0 aliphatic heterocycles. The van der Waals surface area contributed by atoms with Gasteiger partial charge in [0.15, 0.2) is 5.65 Å². The molecule has 0 aromatic carbocycles. The average molecular weight is 352 g/mol. The van der Waals surface area contributed by atoms with Gasteiger partial charge in [0.25, 0.3) is 5.56 Å². The number of amides is 1. The number of hydrogen-bond donors (Lipinski definition) is 1. The fraction of sp³-hybridized carbons (Fsp3) is 0.167. The second-order valence-electron chi connectivity index (χ2n) is 5.76. The van der Waals surface area contributed by atoms with Gasteiger partial charge in [0, 0.05) is 17.3 Å². The van der Waals surface area contributed by atoms with E-state index in [4.69, 9.17) is 0 Å². The molecule has 25 heavy (non-hydrogen) atoms. The number of fused-ring (bicyclic) bond motifs is 3. The summed E-state index contributed by atoms with van der Waals surface area (Å²) in [5.41, 5.74) is 1.59. The molecule has 7 heteroatoms. The first-order valence-corrected chi connectivity index (χ1v) is 8.81. The van der Waals surface area contributed by atoms with Crippen molar-refractivity contribution in [2.24, 2.45) is 0 Å². The Kier molecular flexibility index (Phi) is 3.85. The molecule has 0 bridgehead atoms. The van der Waals surface area contributed by atoms with Gasteiger partial charge < -0.3 is 9.72 Å². The Morgan fingerprint density at radius 3 is 2.88 bits per heavy atom. The summed E-state index contributed by atoms with van der Waals surface area (Å²) in [6.45, 7) is 2.17. The van der Waals surface area contributed by atoms with Gasteiger partial charge in [-0.2, -0.15) is 0 Å². The topological polar surface area (TPSA) is 68.4 Å². The summed E-state index contributed by atoms with van der Waals surface area (Å²) in [5.74, 6) is -0.210. The first kappa shape index (κ1) is 15.6. The molecule has 0 radical (unpaired) electrons. The lowest BCUT2D eigenvalue weighted by Gasteiger charge is -2.18. The highest BCUT2D eigenvalue weighted by atomic mass is 32.1. The van der Waals surface area contributed by atoms with Gasteiger partial charge >= 0.3 is 0 Å². The average Bonchev–Trinajstić information content (AvgIpc) is 3.31. The Bertz CT molecular complexity index is 1110. The van der Waals surface area contributed by atoms with Crippen LogP contribution in [0.1, 0.15) is 17.8 Å². The first-order valence-electron chi connectivity index (χ1n) is 7.93. The molecule has 4 aromatic heterocycles. The van der Waals surface area contributed by atoms with E-state index < -0.39 is 6.04 Å². The molecule has 4 heterocycles. The van der Waals surface area contributed by atoms with Gasteiger partial charge in [-0.25, -0.2) is 4.98 Å². The number of aromatic nitrogens is 3. The fourth-order valence-corrected chi connectivity index (χ4v) is 3.60. The summed E-state index contributed by atoms with van der Waals surface area (Å²) in [4.78, 5) is 30.9. The van der Waals surface area contributed by atoms with Crippen molar-refractivity contribution >= 4 is 33.9 Å². The Balaban J connectivity index is 1.77. The number of nitrogens with zero attached hydrogens (tertiary/aromatic N) is 3. The lowest BCUT2D eigenvalue weighted by atomic mass is 10.2. The number of carbonyl (C=O) groups excluding carboxylic acids is 1. The highest BCUT2D eigenvalue weighted by Gasteiger charge is 2.21. The van der Waals surface area contributed by atoms with E-state index in [0.717, 1.165) is 10.4 Å². The van der Waals surface area contributed by atoms with Gasteiger partial charge in [-0.15, -0.1) is 11.3 Å². The molecule has 0 fully saturated rings. The van der Waals surface area contributed by atoms with Crippen molar-refractivity contribution in [3.05, 3.63) is 69.4 Å². The van der Waals surface area contributed by atoms with Crippen molar-refractivity contribution in [2.45, 2.75) is 19.5 Å². The van der Waals surface area contributed by atoms with E-state index in [0.29, 0.717) is 17.7 Å². The number of rotatable bonds is 4. The molecule has 0 aliphatic rings. The molecular weight excluding hydrogens is 336 g/mol. The van der Waals surface area contributed by atoms with Gasteiger partial charge in [-0.3, -0.25) is 14.2 Å². The Morgan fingerprint density at radius 2 is 2.08 bits per heavy atom. The lowest BCUT2D eigenvalue weighted by Crippen LogP contribution is -2.36. The minimum absolute atomic E-state index is 0.210. The van der Waals surface area contributed by atoms with Gasteiger partial charge in [-0.1, -0.05) is 6.07 Å². The number of pyridine rings is 1. The van der Waals surface area contributed by atoms with Gasteiger partial charge in [-0.05, 0) is 42.6 Å². The monoisotopic (exact) mass is 352 g/mol. The number of carbonyl (C=O) groups is 1. The van der Waals surface area contributed by atoms with E-state index in [9.17, 15) is 9.59 Å². The molecule has 1 atom stereocenters. The summed E-state index contributed by atoms with van der Waals surface area (Å²) < 4.78 is 3.27. The number of hydrogen-bond acceptors (Lipinski definition) is 4. The summed E-state index contributed by atoms with van der Waals surface area (Å²) >= 11 is 1.58. The number of nitrogens with one attached hydrogen (secondary N) is 1. The predicted molar refractivity (Wildman–Crippen MR) is 97.8 cm³/mol. The summed E-state index contributed by atoms with van der Waals surface area (Å²) in [7, 11) is 0. The van der Waals surface area contributed by atoms with Gasteiger partial charge in [0.1, 0.15) is 11.6 Å². The van der Waals surface area contributed by atoms with E-state index in [1.54, 1.807) is 34.9 Å². The SMILES string of the molecule is C[C@H](C(=O)NCc1cccs1)n1c(=O)c2cccn2c2cccnc21. The smallest absolute Gasteiger partial charge is 0.277 e. The standard InChI is InChI=1S/C18H16N4O2S/c1-12(17(23)20-11-13-5-4-10-25-13)22-16-14(6-2-8-19-16)21-9-3-7-15(21)18(22)24/h2-10,12H,11H2,1H3,(H,20,23)/t12-/m1/s1. The third-order valence-electron chi connectivity index (χ3n) is 4.22.